The molecule has 0 bridgehead atoms. The minimum atomic E-state index is -0.593. The van der Waals surface area contributed by atoms with E-state index in [1.807, 2.05) is 24.3 Å². The van der Waals surface area contributed by atoms with Crippen molar-refractivity contribution in [1.82, 2.24) is 15.3 Å². The molecule has 7 heteroatoms. The SMILES string of the molecule is COC(=O)/C=C\NC(=O)c1cc2c([nH]c3ccccc32)c(C(C)=O)n1. The molecule has 0 fully saturated rings. The van der Waals surface area contributed by atoms with Gasteiger partial charge in [-0.25, -0.2) is 9.78 Å². The van der Waals surface area contributed by atoms with Crippen LogP contribution >= 0.6 is 0 Å². The van der Waals surface area contributed by atoms with E-state index in [0.29, 0.717) is 5.52 Å². The predicted octanol–water partition coefficient (Wildman–Crippen LogP) is 2.34. The summed E-state index contributed by atoms with van der Waals surface area (Å²) < 4.78 is 4.44. The van der Waals surface area contributed by atoms with Gasteiger partial charge in [0.15, 0.2) is 5.78 Å². The number of pyridine rings is 1. The van der Waals surface area contributed by atoms with Gasteiger partial charge in [-0.15, -0.1) is 0 Å². The number of esters is 1. The van der Waals surface area contributed by atoms with Crippen LogP contribution in [0.3, 0.4) is 0 Å². The molecule has 0 atom stereocenters. The number of hydrogen-bond donors (Lipinski definition) is 2. The van der Waals surface area contributed by atoms with Crippen LogP contribution in [0.15, 0.2) is 42.6 Å². The Balaban J connectivity index is 2.08. The number of nitrogens with one attached hydrogen (secondary N) is 2. The first-order chi connectivity index (χ1) is 12.0. The second-order valence-corrected chi connectivity index (χ2v) is 5.34. The second-order valence-electron chi connectivity index (χ2n) is 5.34. The lowest BCUT2D eigenvalue weighted by Crippen LogP contribution is -2.20. The third-order valence-electron chi connectivity index (χ3n) is 3.70. The third-order valence-corrected chi connectivity index (χ3v) is 3.70. The number of aromatic amines is 1. The molecule has 0 saturated carbocycles. The van der Waals surface area contributed by atoms with Crippen LogP contribution in [0.4, 0.5) is 0 Å². The highest BCUT2D eigenvalue weighted by Crippen LogP contribution is 2.27. The van der Waals surface area contributed by atoms with Crippen LogP contribution in [-0.4, -0.2) is 34.7 Å². The number of H-pyrrole nitrogens is 1. The van der Waals surface area contributed by atoms with Crippen LogP contribution in [0.5, 0.6) is 0 Å². The van der Waals surface area contributed by atoms with Gasteiger partial charge in [-0.2, -0.15) is 0 Å². The first kappa shape index (κ1) is 16.4. The molecule has 126 valence electrons. The van der Waals surface area contributed by atoms with Crippen molar-refractivity contribution in [3.8, 4) is 0 Å². The normalized spacial score (nSPS) is 11.1. The van der Waals surface area contributed by atoms with Gasteiger partial charge < -0.3 is 15.0 Å². The van der Waals surface area contributed by atoms with Gasteiger partial charge in [-0.3, -0.25) is 9.59 Å². The Hall–Kier alpha value is -3.48. The molecule has 7 nitrogen and oxygen atoms in total. The fraction of sp³-hybridized carbons (Fsp3) is 0.111. The summed E-state index contributed by atoms with van der Waals surface area (Å²) in [5.41, 5.74) is 1.72. The summed E-state index contributed by atoms with van der Waals surface area (Å²) in [6, 6.07) is 9.16. The molecule has 0 aliphatic carbocycles. The number of benzene rings is 1. The maximum absolute atomic E-state index is 12.3. The smallest absolute Gasteiger partial charge is 0.331 e. The second kappa shape index (κ2) is 6.56. The number of nitrogens with zero attached hydrogens (tertiary/aromatic N) is 1. The molecular weight excluding hydrogens is 322 g/mol. The minimum absolute atomic E-state index is 0.0805. The van der Waals surface area contributed by atoms with Crippen LogP contribution in [0.1, 0.15) is 27.9 Å². The lowest BCUT2D eigenvalue weighted by atomic mass is 10.1. The number of fused-ring (bicyclic) bond motifs is 3. The maximum Gasteiger partial charge on any atom is 0.331 e. The highest BCUT2D eigenvalue weighted by molar-refractivity contribution is 6.15. The minimum Gasteiger partial charge on any atom is -0.466 e. The molecular formula is C18H15N3O4. The topological polar surface area (TPSA) is 101 Å². The number of para-hydroxylation sites is 1. The van der Waals surface area contributed by atoms with Gasteiger partial charge >= 0.3 is 5.97 Å². The van der Waals surface area contributed by atoms with Gasteiger partial charge in [0.2, 0.25) is 0 Å². The van der Waals surface area contributed by atoms with E-state index in [1.165, 1.54) is 20.2 Å². The lowest BCUT2D eigenvalue weighted by molar-refractivity contribution is -0.134. The van der Waals surface area contributed by atoms with Crippen molar-refractivity contribution in [1.29, 1.82) is 0 Å². The fourth-order valence-electron chi connectivity index (χ4n) is 2.54. The third kappa shape index (κ3) is 3.12. The standard InChI is InChI=1S/C18H15N3O4/c1-10(22)16-17-12(11-5-3-4-6-13(11)20-17)9-14(21-16)18(24)19-8-7-15(23)25-2/h3-9,20H,1-2H3,(H,19,24)/b8-7-. The summed E-state index contributed by atoms with van der Waals surface area (Å²) in [4.78, 5) is 42.6. The number of ether oxygens (including phenoxy) is 1. The summed E-state index contributed by atoms with van der Waals surface area (Å²) >= 11 is 0. The average Bonchev–Trinajstić information content (AvgIpc) is 2.99. The Labute approximate surface area is 142 Å². The number of amides is 1. The van der Waals surface area contributed by atoms with Gasteiger partial charge in [0.1, 0.15) is 11.4 Å². The monoisotopic (exact) mass is 337 g/mol. The molecule has 0 aliphatic heterocycles. The number of methoxy groups -OCH3 is 1. The quantitative estimate of drug-likeness (QED) is 0.432. The molecule has 1 amide bonds. The maximum atomic E-state index is 12.3. The molecule has 2 N–H and O–H groups in total. The molecule has 2 heterocycles. The van der Waals surface area contributed by atoms with E-state index in [-0.39, 0.29) is 17.2 Å². The molecule has 0 unspecified atom stereocenters. The zero-order chi connectivity index (χ0) is 18.0. The fourth-order valence-corrected chi connectivity index (χ4v) is 2.54. The first-order valence-corrected chi connectivity index (χ1v) is 7.49. The summed E-state index contributed by atoms with van der Waals surface area (Å²) in [5, 5.41) is 4.06. The number of carbonyl (C=O) groups excluding carboxylic acids is 3. The highest BCUT2D eigenvalue weighted by atomic mass is 16.5. The molecule has 3 aromatic rings. The Morgan fingerprint density at radius 1 is 1.20 bits per heavy atom. The Morgan fingerprint density at radius 3 is 2.68 bits per heavy atom. The first-order valence-electron chi connectivity index (χ1n) is 7.49. The number of ketones is 1. The largest absolute Gasteiger partial charge is 0.466 e. The van der Waals surface area contributed by atoms with E-state index in [1.54, 1.807) is 6.07 Å². The van der Waals surface area contributed by atoms with Crippen LogP contribution in [0, 0.1) is 0 Å². The summed E-state index contributed by atoms with van der Waals surface area (Å²) in [6.45, 7) is 1.39. The van der Waals surface area contributed by atoms with Crippen molar-refractivity contribution in [2.24, 2.45) is 0 Å². The summed E-state index contributed by atoms with van der Waals surface area (Å²) in [6.07, 6.45) is 2.25. The Morgan fingerprint density at radius 2 is 1.96 bits per heavy atom. The number of Topliss-reactive ketones (excluding diaryl/α,β-unsaturated/α-hetero) is 1. The van der Waals surface area contributed by atoms with E-state index in [4.69, 9.17) is 0 Å². The van der Waals surface area contributed by atoms with Crippen LogP contribution in [0.25, 0.3) is 21.8 Å². The molecule has 0 radical (unpaired) electrons. The predicted molar refractivity (Wildman–Crippen MR) is 92.2 cm³/mol. The van der Waals surface area contributed by atoms with E-state index < -0.39 is 11.9 Å². The van der Waals surface area contributed by atoms with Crippen molar-refractivity contribution in [2.75, 3.05) is 7.11 Å². The molecule has 1 aromatic carbocycles. The molecule has 2 aromatic heterocycles. The van der Waals surface area contributed by atoms with Crippen molar-refractivity contribution < 1.29 is 19.1 Å². The highest BCUT2D eigenvalue weighted by Gasteiger charge is 2.17. The van der Waals surface area contributed by atoms with E-state index >= 15 is 0 Å². The zero-order valence-electron chi connectivity index (χ0n) is 13.6. The molecule has 0 spiro atoms. The van der Waals surface area contributed by atoms with E-state index in [9.17, 15) is 14.4 Å². The number of rotatable bonds is 4. The molecule has 25 heavy (non-hydrogen) atoms. The Bertz CT molecular complexity index is 1030. The van der Waals surface area contributed by atoms with Gasteiger partial charge in [0.25, 0.3) is 5.91 Å². The van der Waals surface area contributed by atoms with Crippen molar-refractivity contribution in [2.45, 2.75) is 6.92 Å². The number of hydrogen-bond acceptors (Lipinski definition) is 5. The van der Waals surface area contributed by atoms with Crippen LogP contribution in [0.2, 0.25) is 0 Å². The molecule has 3 rings (SSSR count). The summed E-state index contributed by atoms with van der Waals surface area (Å²) in [5.74, 6) is -1.38. The van der Waals surface area contributed by atoms with Gasteiger partial charge in [0, 0.05) is 35.5 Å². The van der Waals surface area contributed by atoms with Crippen molar-refractivity contribution in [3.05, 3.63) is 54.0 Å². The van der Waals surface area contributed by atoms with E-state index in [2.05, 4.69) is 20.0 Å². The number of carbonyl (C=O) groups is 3. The molecule has 0 aliphatic rings. The van der Waals surface area contributed by atoms with Gasteiger partial charge in [-0.05, 0) is 12.1 Å². The number of aromatic nitrogens is 2. The van der Waals surface area contributed by atoms with Gasteiger partial charge in [-0.1, -0.05) is 18.2 Å². The molecule has 0 saturated heterocycles. The van der Waals surface area contributed by atoms with Crippen LogP contribution in [-0.2, 0) is 9.53 Å². The van der Waals surface area contributed by atoms with Crippen molar-refractivity contribution >= 4 is 39.5 Å². The van der Waals surface area contributed by atoms with Crippen molar-refractivity contribution in [3.63, 3.8) is 0 Å². The Kier molecular flexibility index (Phi) is 4.30. The van der Waals surface area contributed by atoms with Crippen LogP contribution < -0.4 is 5.32 Å². The summed E-state index contributed by atoms with van der Waals surface area (Å²) in [7, 11) is 1.24. The average molecular weight is 337 g/mol. The zero-order valence-corrected chi connectivity index (χ0v) is 13.6. The van der Waals surface area contributed by atoms with E-state index in [0.717, 1.165) is 22.4 Å². The lowest BCUT2D eigenvalue weighted by Gasteiger charge is -2.04. The van der Waals surface area contributed by atoms with Gasteiger partial charge in [0.05, 0.1) is 12.6 Å².